The molecule has 8 heteroatoms. The molecule has 3 aliphatic rings. The molecule has 0 aromatic heterocycles. The van der Waals surface area contributed by atoms with E-state index in [1.165, 1.54) is 4.90 Å². The summed E-state index contributed by atoms with van der Waals surface area (Å²) < 4.78 is 1.03. The van der Waals surface area contributed by atoms with Crippen molar-refractivity contribution in [3.05, 3.63) is 41.4 Å². The monoisotopic (exact) mass is 433 g/mol. The molecule has 0 aliphatic carbocycles. The lowest BCUT2D eigenvalue weighted by atomic mass is 10.0. The molecule has 3 aliphatic heterocycles. The van der Waals surface area contributed by atoms with E-state index in [0.717, 1.165) is 23.2 Å². The van der Waals surface area contributed by atoms with E-state index in [9.17, 15) is 9.59 Å². The molecule has 4 unspecified atom stereocenters. The minimum atomic E-state index is -0.390. The number of urea groups is 1. The number of fused-ring (bicyclic) bond motifs is 3. The Morgan fingerprint density at radius 2 is 1.96 bits per heavy atom. The maximum Gasteiger partial charge on any atom is 0.328 e. The predicted molar refractivity (Wildman–Crippen MR) is 107 cm³/mol. The van der Waals surface area contributed by atoms with E-state index in [4.69, 9.17) is 0 Å². The Morgan fingerprint density at radius 1 is 1.26 bits per heavy atom. The molecule has 7 nitrogen and oxygen atoms in total. The van der Waals surface area contributed by atoms with Crippen LogP contribution in [0.4, 0.5) is 10.5 Å². The third-order valence-corrected chi connectivity index (χ3v) is 6.08. The van der Waals surface area contributed by atoms with Crippen LogP contribution in [0.1, 0.15) is 6.92 Å². The number of benzene rings is 1. The number of hydrogen-bond acceptors (Lipinski definition) is 5. The van der Waals surface area contributed by atoms with Crippen LogP contribution in [0.3, 0.4) is 0 Å². The van der Waals surface area contributed by atoms with Gasteiger partial charge in [0, 0.05) is 36.8 Å². The Hall–Kier alpha value is -1.90. The van der Waals surface area contributed by atoms with Crippen molar-refractivity contribution in [2.45, 2.75) is 25.4 Å². The maximum atomic E-state index is 13.1. The Labute approximate surface area is 167 Å². The van der Waals surface area contributed by atoms with E-state index in [2.05, 4.69) is 56.7 Å². The number of nitrogens with one attached hydrogen (secondary N) is 1. The van der Waals surface area contributed by atoms with Crippen LogP contribution in [0, 0.1) is 5.92 Å². The van der Waals surface area contributed by atoms with Crippen molar-refractivity contribution in [2.75, 3.05) is 31.6 Å². The van der Waals surface area contributed by atoms with Crippen LogP contribution >= 0.6 is 15.9 Å². The lowest BCUT2D eigenvalue weighted by Crippen LogP contribution is -2.66. The molecule has 1 aromatic carbocycles. The SMILES string of the molecule is C=CCN1C(=O)C2C(NC3N(c4ccc(Br)cc4)CC(C)CN23)N(C)C1=O. The Kier molecular flexibility index (Phi) is 4.73. The molecular formula is C19H24BrN5O2. The number of nitrogens with zero attached hydrogens (tertiary/aromatic N) is 4. The lowest BCUT2D eigenvalue weighted by molar-refractivity contribution is -0.138. The number of carbonyl (C=O) groups excluding carboxylic acids is 2. The van der Waals surface area contributed by atoms with Gasteiger partial charge in [-0.1, -0.05) is 28.9 Å². The van der Waals surface area contributed by atoms with Crippen LogP contribution in [0.25, 0.3) is 0 Å². The third kappa shape index (κ3) is 2.96. The fourth-order valence-corrected chi connectivity index (χ4v) is 4.61. The first kappa shape index (κ1) is 18.5. The average molecular weight is 434 g/mol. The zero-order valence-corrected chi connectivity index (χ0v) is 17.1. The Bertz CT molecular complexity index is 770. The van der Waals surface area contributed by atoms with Crippen molar-refractivity contribution in [1.82, 2.24) is 20.0 Å². The molecule has 3 amide bonds. The normalized spacial score (nSPS) is 31.1. The average Bonchev–Trinajstić information content (AvgIpc) is 3.03. The van der Waals surface area contributed by atoms with E-state index >= 15 is 0 Å². The minimum Gasteiger partial charge on any atom is -0.343 e. The zero-order valence-electron chi connectivity index (χ0n) is 15.5. The van der Waals surface area contributed by atoms with Gasteiger partial charge in [0.1, 0.15) is 18.5 Å². The number of imide groups is 1. The smallest absolute Gasteiger partial charge is 0.328 e. The van der Waals surface area contributed by atoms with Gasteiger partial charge in [-0.15, -0.1) is 6.58 Å². The number of anilines is 1. The van der Waals surface area contributed by atoms with Crippen LogP contribution in [-0.2, 0) is 4.79 Å². The fourth-order valence-electron chi connectivity index (χ4n) is 4.35. The third-order valence-electron chi connectivity index (χ3n) is 5.56. The van der Waals surface area contributed by atoms with E-state index in [1.54, 1.807) is 18.0 Å². The topological polar surface area (TPSA) is 59.1 Å². The van der Waals surface area contributed by atoms with Gasteiger partial charge in [-0.2, -0.15) is 0 Å². The summed E-state index contributed by atoms with van der Waals surface area (Å²) in [6.07, 6.45) is 1.14. The van der Waals surface area contributed by atoms with Gasteiger partial charge in [-0.25, -0.2) is 4.79 Å². The number of amides is 3. The molecule has 3 saturated heterocycles. The van der Waals surface area contributed by atoms with Gasteiger partial charge in [0.05, 0.1) is 0 Å². The van der Waals surface area contributed by atoms with E-state index < -0.39 is 6.04 Å². The lowest BCUT2D eigenvalue weighted by Gasteiger charge is -2.45. The van der Waals surface area contributed by atoms with Gasteiger partial charge in [-0.05, 0) is 30.2 Å². The highest BCUT2D eigenvalue weighted by Gasteiger charge is 2.56. The van der Waals surface area contributed by atoms with Gasteiger partial charge >= 0.3 is 6.03 Å². The van der Waals surface area contributed by atoms with Crippen LogP contribution in [0.5, 0.6) is 0 Å². The molecule has 3 heterocycles. The minimum absolute atomic E-state index is 0.125. The highest BCUT2D eigenvalue weighted by Crippen LogP contribution is 2.34. The molecule has 0 saturated carbocycles. The van der Waals surface area contributed by atoms with Gasteiger partial charge in [-0.3, -0.25) is 19.9 Å². The molecule has 0 spiro atoms. The van der Waals surface area contributed by atoms with E-state index in [-0.39, 0.29) is 30.9 Å². The van der Waals surface area contributed by atoms with Crippen LogP contribution in [-0.4, -0.2) is 71.8 Å². The first-order chi connectivity index (χ1) is 12.9. The Morgan fingerprint density at radius 3 is 2.63 bits per heavy atom. The highest BCUT2D eigenvalue weighted by molar-refractivity contribution is 9.10. The van der Waals surface area contributed by atoms with Gasteiger partial charge in [0.25, 0.3) is 5.91 Å². The summed E-state index contributed by atoms with van der Waals surface area (Å²) in [5, 5.41) is 3.52. The molecule has 3 fully saturated rings. The summed E-state index contributed by atoms with van der Waals surface area (Å²) in [4.78, 5) is 33.2. The molecule has 0 radical (unpaired) electrons. The summed E-state index contributed by atoms with van der Waals surface area (Å²) in [6, 6.07) is 7.52. The van der Waals surface area contributed by atoms with Crippen molar-refractivity contribution in [1.29, 1.82) is 0 Å². The van der Waals surface area contributed by atoms with E-state index in [0.29, 0.717) is 5.92 Å². The quantitative estimate of drug-likeness (QED) is 0.737. The number of carbonyl (C=O) groups is 2. The molecule has 1 aromatic rings. The number of rotatable bonds is 3. The molecular weight excluding hydrogens is 410 g/mol. The summed E-state index contributed by atoms with van der Waals surface area (Å²) in [5.74, 6) is 0.247. The molecule has 0 bridgehead atoms. The summed E-state index contributed by atoms with van der Waals surface area (Å²) in [7, 11) is 1.75. The standard InChI is InChI=1S/C19H24BrN5O2/c1-4-9-23-17(26)15-16(22(3)19(23)27)21-18-24(10-12(2)11-25(15)18)14-7-5-13(20)6-8-14/h4-8,12,15-16,18,21H,1,9-11H2,2-3H3. The summed E-state index contributed by atoms with van der Waals surface area (Å²) >= 11 is 3.48. The van der Waals surface area contributed by atoms with Crippen molar-refractivity contribution in [3.63, 3.8) is 0 Å². The van der Waals surface area contributed by atoms with E-state index in [1.807, 2.05) is 12.1 Å². The molecule has 144 valence electrons. The fraction of sp³-hybridized carbons (Fsp3) is 0.474. The first-order valence-electron chi connectivity index (χ1n) is 9.15. The van der Waals surface area contributed by atoms with Crippen LogP contribution < -0.4 is 10.2 Å². The van der Waals surface area contributed by atoms with Crippen molar-refractivity contribution >= 4 is 33.6 Å². The van der Waals surface area contributed by atoms with Crippen LogP contribution in [0.2, 0.25) is 0 Å². The second kappa shape index (κ2) is 6.92. The van der Waals surface area contributed by atoms with Crippen molar-refractivity contribution in [3.8, 4) is 0 Å². The molecule has 27 heavy (non-hydrogen) atoms. The first-order valence-corrected chi connectivity index (χ1v) is 9.94. The number of halogens is 1. The predicted octanol–water partition coefficient (Wildman–Crippen LogP) is 1.87. The van der Waals surface area contributed by atoms with Crippen molar-refractivity contribution < 1.29 is 9.59 Å². The summed E-state index contributed by atoms with van der Waals surface area (Å²) in [6.45, 7) is 7.80. The van der Waals surface area contributed by atoms with Gasteiger partial charge in [0.2, 0.25) is 0 Å². The van der Waals surface area contributed by atoms with Gasteiger partial charge in [0.15, 0.2) is 0 Å². The Balaban J connectivity index is 1.69. The zero-order chi connectivity index (χ0) is 19.3. The number of likely N-dealkylation sites (N-methyl/N-ethyl adjacent to an activating group) is 1. The van der Waals surface area contributed by atoms with Crippen LogP contribution in [0.15, 0.2) is 41.4 Å². The largest absolute Gasteiger partial charge is 0.343 e. The molecule has 4 atom stereocenters. The highest BCUT2D eigenvalue weighted by atomic mass is 79.9. The maximum absolute atomic E-state index is 13.1. The molecule has 4 rings (SSSR count). The second-order valence-electron chi connectivity index (χ2n) is 7.49. The summed E-state index contributed by atoms with van der Waals surface area (Å²) in [5.41, 5.74) is 1.09. The molecule has 1 N–H and O–H groups in total. The number of hydrogen-bond donors (Lipinski definition) is 1. The van der Waals surface area contributed by atoms with Gasteiger partial charge < -0.3 is 9.80 Å². The second-order valence-corrected chi connectivity index (χ2v) is 8.41. The van der Waals surface area contributed by atoms with Crippen molar-refractivity contribution in [2.24, 2.45) is 5.92 Å².